The van der Waals surface area contributed by atoms with Crippen LogP contribution in [0.4, 0.5) is 10.1 Å². The Morgan fingerprint density at radius 2 is 1.80 bits per heavy atom. The molecule has 0 bridgehead atoms. The van der Waals surface area contributed by atoms with Crippen LogP contribution in [0.15, 0.2) is 72.3 Å². The average Bonchev–Trinajstić information content (AvgIpc) is 2.72. The number of rotatable bonds is 6. The van der Waals surface area contributed by atoms with E-state index >= 15 is 0 Å². The lowest BCUT2D eigenvalue weighted by molar-refractivity contribution is -0.112. The molecule has 0 aromatic heterocycles. The van der Waals surface area contributed by atoms with Crippen LogP contribution in [0.3, 0.4) is 0 Å². The van der Waals surface area contributed by atoms with Crippen molar-refractivity contribution in [2.75, 3.05) is 5.32 Å². The molecule has 0 aliphatic heterocycles. The van der Waals surface area contributed by atoms with Crippen molar-refractivity contribution in [3.8, 4) is 11.8 Å². The third-order valence-electron chi connectivity index (χ3n) is 4.03. The molecule has 3 rings (SSSR count). The fourth-order valence-electron chi connectivity index (χ4n) is 2.57. The molecule has 0 spiro atoms. The Morgan fingerprint density at radius 3 is 2.50 bits per heavy atom. The molecule has 0 unspecified atom stereocenters. The van der Waals surface area contributed by atoms with Gasteiger partial charge in [-0.3, -0.25) is 4.79 Å². The van der Waals surface area contributed by atoms with Crippen molar-refractivity contribution >= 4 is 40.9 Å². The Labute approximate surface area is 183 Å². The number of nitrogens with one attached hydrogen (secondary N) is 1. The monoisotopic (exact) mass is 440 g/mol. The van der Waals surface area contributed by atoms with Crippen LogP contribution in [0.25, 0.3) is 6.08 Å². The molecular formula is C23H15Cl2FN2O2. The first-order chi connectivity index (χ1) is 14.4. The van der Waals surface area contributed by atoms with Gasteiger partial charge in [-0.25, -0.2) is 4.39 Å². The zero-order chi connectivity index (χ0) is 21.5. The van der Waals surface area contributed by atoms with Gasteiger partial charge in [0.25, 0.3) is 5.91 Å². The summed E-state index contributed by atoms with van der Waals surface area (Å²) in [4.78, 5) is 12.5. The van der Waals surface area contributed by atoms with E-state index in [-0.39, 0.29) is 18.0 Å². The van der Waals surface area contributed by atoms with Gasteiger partial charge in [0.05, 0.1) is 0 Å². The van der Waals surface area contributed by atoms with Gasteiger partial charge in [-0.15, -0.1) is 0 Å². The van der Waals surface area contributed by atoms with E-state index in [0.29, 0.717) is 27.0 Å². The number of benzene rings is 3. The number of anilines is 1. The van der Waals surface area contributed by atoms with Gasteiger partial charge in [-0.05, 0) is 60.2 Å². The highest BCUT2D eigenvalue weighted by Gasteiger charge is 2.12. The van der Waals surface area contributed by atoms with Crippen LogP contribution in [0.1, 0.15) is 11.1 Å². The molecule has 30 heavy (non-hydrogen) atoms. The second-order valence-corrected chi connectivity index (χ2v) is 7.10. The van der Waals surface area contributed by atoms with Gasteiger partial charge < -0.3 is 10.1 Å². The van der Waals surface area contributed by atoms with Crippen molar-refractivity contribution in [1.82, 2.24) is 0 Å². The number of ether oxygens (including phenoxy) is 1. The Bertz CT molecular complexity index is 1140. The molecule has 0 heterocycles. The van der Waals surface area contributed by atoms with Crippen molar-refractivity contribution in [2.24, 2.45) is 0 Å². The van der Waals surface area contributed by atoms with Gasteiger partial charge in [-0.2, -0.15) is 5.26 Å². The molecule has 0 aliphatic carbocycles. The van der Waals surface area contributed by atoms with Crippen molar-refractivity contribution in [2.45, 2.75) is 6.61 Å². The van der Waals surface area contributed by atoms with Gasteiger partial charge in [0.1, 0.15) is 29.8 Å². The maximum Gasteiger partial charge on any atom is 0.266 e. The Morgan fingerprint density at radius 1 is 1.07 bits per heavy atom. The summed E-state index contributed by atoms with van der Waals surface area (Å²) in [6.45, 7) is 0.180. The predicted octanol–water partition coefficient (Wildman–Crippen LogP) is 6.26. The molecule has 0 fully saturated rings. The molecule has 3 aromatic rings. The lowest BCUT2D eigenvalue weighted by Gasteiger charge is -2.11. The van der Waals surface area contributed by atoms with E-state index in [4.69, 9.17) is 27.9 Å². The molecule has 7 heteroatoms. The Hall–Kier alpha value is -3.33. The first kappa shape index (κ1) is 21.4. The highest BCUT2D eigenvalue weighted by atomic mass is 35.5. The summed E-state index contributed by atoms with van der Waals surface area (Å²) in [7, 11) is 0. The SMILES string of the molecule is N#C/C(=C\c1cc(Cl)ccc1OCc1ccc(F)cc1)C(=O)Nc1cccc(Cl)c1. The summed E-state index contributed by atoms with van der Waals surface area (Å²) in [5, 5.41) is 13.0. The average molecular weight is 441 g/mol. The van der Waals surface area contributed by atoms with Crippen LogP contribution in [-0.2, 0) is 11.4 Å². The zero-order valence-corrected chi connectivity index (χ0v) is 17.0. The third-order valence-corrected chi connectivity index (χ3v) is 4.50. The molecule has 3 aromatic carbocycles. The first-order valence-electron chi connectivity index (χ1n) is 8.80. The molecule has 4 nitrogen and oxygen atoms in total. The van der Waals surface area contributed by atoms with E-state index in [0.717, 1.165) is 5.56 Å². The second kappa shape index (κ2) is 9.93. The van der Waals surface area contributed by atoms with E-state index in [1.807, 2.05) is 6.07 Å². The van der Waals surface area contributed by atoms with Crippen LogP contribution in [0.2, 0.25) is 10.0 Å². The van der Waals surface area contributed by atoms with Crippen LogP contribution >= 0.6 is 23.2 Å². The highest BCUT2D eigenvalue weighted by molar-refractivity contribution is 6.31. The first-order valence-corrected chi connectivity index (χ1v) is 9.56. The predicted molar refractivity (Wildman–Crippen MR) is 116 cm³/mol. The van der Waals surface area contributed by atoms with Gasteiger partial charge in [0.15, 0.2) is 0 Å². The minimum atomic E-state index is -0.593. The van der Waals surface area contributed by atoms with Gasteiger partial charge in [0.2, 0.25) is 0 Å². The van der Waals surface area contributed by atoms with Gasteiger partial charge in [0, 0.05) is 21.3 Å². The Balaban J connectivity index is 1.82. The maximum atomic E-state index is 13.1. The highest BCUT2D eigenvalue weighted by Crippen LogP contribution is 2.27. The van der Waals surface area contributed by atoms with E-state index in [1.165, 1.54) is 18.2 Å². The summed E-state index contributed by atoms with van der Waals surface area (Å²) in [6.07, 6.45) is 1.39. The summed E-state index contributed by atoms with van der Waals surface area (Å²) in [6, 6.07) is 19.3. The van der Waals surface area contributed by atoms with Crippen molar-refractivity contribution in [3.63, 3.8) is 0 Å². The summed E-state index contributed by atoms with van der Waals surface area (Å²) in [5.41, 5.74) is 1.55. The van der Waals surface area contributed by atoms with Crippen LogP contribution in [-0.4, -0.2) is 5.91 Å². The molecule has 0 saturated carbocycles. The normalized spacial score (nSPS) is 10.9. The van der Waals surface area contributed by atoms with Gasteiger partial charge >= 0.3 is 0 Å². The minimum absolute atomic E-state index is 0.135. The largest absolute Gasteiger partial charge is 0.488 e. The number of carbonyl (C=O) groups excluding carboxylic acids is 1. The second-order valence-electron chi connectivity index (χ2n) is 6.23. The summed E-state index contributed by atoms with van der Waals surface area (Å²) < 4.78 is 18.8. The molecule has 150 valence electrons. The van der Waals surface area contributed by atoms with Crippen molar-refractivity contribution in [1.29, 1.82) is 5.26 Å². The quantitative estimate of drug-likeness (QED) is 0.363. The third kappa shape index (κ3) is 5.84. The minimum Gasteiger partial charge on any atom is -0.488 e. The molecule has 0 radical (unpaired) electrons. The standard InChI is InChI=1S/C23H15Cl2FN2O2/c24-18-2-1-3-21(12-18)28-23(29)17(13-27)10-16-11-19(25)6-9-22(16)30-14-15-4-7-20(26)8-5-15/h1-12H,14H2,(H,28,29)/b17-10+. The molecular weight excluding hydrogens is 426 g/mol. The molecule has 0 aliphatic rings. The number of hydrogen-bond acceptors (Lipinski definition) is 3. The van der Waals surface area contributed by atoms with Gasteiger partial charge in [-0.1, -0.05) is 41.4 Å². The molecule has 0 atom stereocenters. The fraction of sp³-hybridized carbons (Fsp3) is 0.0435. The van der Waals surface area contributed by atoms with Crippen LogP contribution < -0.4 is 10.1 Å². The number of nitriles is 1. The van der Waals surface area contributed by atoms with Crippen molar-refractivity contribution < 1.29 is 13.9 Å². The molecule has 0 saturated heterocycles. The van der Waals surface area contributed by atoms with E-state index in [9.17, 15) is 14.4 Å². The number of hydrogen-bond donors (Lipinski definition) is 1. The summed E-state index contributed by atoms with van der Waals surface area (Å²) in [5.74, 6) is -0.505. The Kier molecular flexibility index (Phi) is 7.08. The number of halogens is 3. The lowest BCUT2D eigenvalue weighted by atomic mass is 10.1. The maximum absolute atomic E-state index is 13.1. The summed E-state index contributed by atoms with van der Waals surface area (Å²) >= 11 is 12.0. The van der Waals surface area contributed by atoms with E-state index in [2.05, 4.69) is 5.32 Å². The van der Waals surface area contributed by atoms with E-state index < -0.39 is 5.91 Å². The number of nitrogens with zero attached hydrogens (tertiary/aromatic N) is 1. The smallest absolute Gasteiger partial charge is 0.266 e. The van der Waals surface area contributed by atoms with Crippen molar-refractivity contribution in [3.05, 3.63) is 99.3 Å². The zero-order valence-electron chi connectivity index (χ0n) is 15.5. The topological polar surface area (TPSA) is 62.1 Å². The number of amides is 1. The number of carbonyl (C=O) groups is 1. The molecule has 1 amide bonds. The van der Waals surface area contributed by atoms with Crippen LogP contribution in [0.5, 0.6) is 5.75 Å². The lowest BCUT2D eigenvalue weighted by Crippen LogP contribution is -2.13. The fourth-order valence-corrected chi connectivity index (χ4v) is 2.94. The van der Waals surface area contributed by atoms with E-state index in [1.54, 1.807) is 54.6 Å². The molecule has 1 N–H and O–H groups in total. The van der Waals surface area contributed by atoms with Crippen LogP contribution in [0, 0.1) is 17.1 Å².